The highest BCUT2D eigenvalue weighted by molar-refractivity contribution is 5.71. The molecule has 4 aliphatic rings. The molecule has 3 aliphatic heterocycles. The zero-order valence-electron chi connectivity index (χ0n) is 22.3. The van der Waals surface area contributed by atoms with Gasteiger partial charge < -0.3 is 20.1 Å². The number of anilines is 3. The number of hydrogen-bond donors (Lipinski definition) is 2. The molecule has 1 aromatic heterocycles. The summed E-state index contributed by atoms with van der Waals surface area (Å²) in [5.74, 6) is 1.02. The quantitative estimate of drug-likeness (QED) is 0.542. The fourth-order valence-corrected chi connectivity index (χ4v) is 7.04. The molecule has 0 radical (unpaired) electrons. The molecule has 1 saturated carbocycles. The first-order chi connectivity index (χ1) is 19.0. The molecule has 10 heteroatoms. The Hall–Kier alpha value is -3.40. The van der Waals surface area contributed by atoms with Crippen LogP contribution in [0.25, 0.3) is 0 Å². The van der Waals surface area contributed by atoms with Crippen LogP contribution < -0.4 is 10.2 Å². The molecule has 3 unspecified atom stereocenters. The minimum absolute atomic E-state index is 0.0891. The molecule has 1 amide bonds. The van der Waals surface area contributed by atoms with Crippen LogP contribution in [-0.2, 0) is 9.53 Å². The van der Waals surface area contributed by atoms with Gasteiger partial charge in [0.1, 0.15) is 11.9 Å². The van der Waals surface area contributed by atoms with Crippen molar-refractivity contribution in [2.24, 2.45) is 5.92 Å². The minimum Gasteiger partial charge on any atom is -0.481 e. The smallest absolute Gasteiger partial charge is 0.410 e. The maximum atomic E-state index is 13.2. The Balaban J connectivity index is 1.06. The zero-order valence-corrected chi connectivity index (χ0v) is 22.3. The number of carboxylic acid groups (broad SMARTS) is 1. The van der Waals surface area contributed by atoms with Crippen LogP contribution in [0.1, 0.15) is 51.4 Å². The Labute approximate surface area is 229 Å². The van der Waals surface area contributed by atoms with Gasteiger partial charge in [-0.15, -0.1) is 0 Å². The maximum Gasteiger partial charge on any atom is 0.410 e. The van der Waals surface area contributed by atoms with E-state index in [1.165, 1.54) is 0 Å². The number of nitrogens with zero attached hydrogens (tertiary/aromatic N) is 5. The van der Waals surface area contributed by atoms with E-state index in [2.05, 4.69) is 25.0 Å². The van der Waals surface area contributed by atoms with E-state index in [9.17, 15) is 9.59 Å². The second-order valence-electron chi connectivity index (χ2n) is 11.3. The normalized spacial score (nSPS) is 26.8. The van der Waals surface area contributed by atoms with Gasteiger partial charge in [0.15, 0.2) is 0 Å². The number of para-hydroxylation sites is 1. The number of aromatic nitrogens is 2. The third kappa shape index (κ3) is 5.66. The average molecular weight is 535 g/mol. The molecule has 2 aromatic rings. The van der Waals surface area contributed by atoms with Crippen molar-refractivity contribution >= 4 is 29.5 Å². The Morgan fingerprint density at radius 1 is 0.974 bits per heavy atom. The van der Waals surface area contributed by atoms with Gasteiger partial charge in [-0.05, 0) is 82.2 Å². The lowest BCUT2D eigenvalue weighted by atomic mass is 9.84. The summed E-state index contributed by atoms with van der Waals surface area (Å²) in [6.07, 6.45) is 8.49. The molecule has 3 atom stereocenters. The maximum absolute atomic E-state index is 13.2. The predicted octanol–water partition coefficient (Wildman–Crippen LogP) is 4.12. The number of likely N-dealkylation sites (tertiary alicyclic amines) is 1. The number of hydrogen-bond acceptors (Lipinski definition) is 8. The molecule has 0 spiro atoms. The van der Waals surface area contributed by atoms with E-state index >= 15 is 0 Å². The molecule has 10 nitrogen and oxygen atoms in total. The fraction of sp³-hybridized carbons (Fsp3) is 0.586. The van der Waals surface area contributed by atoms with E-state index in [0.717, 1.165) is 82.6 Å². The summed E-state index contributed by atoms with van der Waals surface area (Å²) in [5.41, 5.74) is 0.950. The van der Waals surface area contributed by atoms with E-state index in [4.69, 9.17) is 14.8 Å². The summed E-state index contributed by atoms with van der Waals surface area (Å²) >= 11 is 0. The first-order valence-corrected chi connectivity index (χ1v) is 14.4. The van der Waals surface area contributed by atoms with E-state index in [1.54, 1.807) is 6.20 Å². The van der Waals surface area contributed by atoms with Crippen LogP contribution in [0, 0.1) is 5.92 Å². The Morgan fingerprint density at radius 3 is 2.46 bits per heavy atom. The summed E-state index contributed by atoms with van der Waals surface area (Å²) in [6, 6.07) is 12.4. The number of ether oxygens (including phenoxy) is 1. The van der Waals surface area contributed by atoms with Crippen molar-refractivity contribution < 1.29 is 19.4 Å². The molecule has 1 aliphatic carbocycles. The molecule has 0 bridgehead atoms. The summed E-state index contributed by atoms with van der Waals surface area (Å²) in [4.78, 5) is 40.2. The molecule has 6 rings (SSSR count). The highest BCUT2D eigenvalue weighted by Crippen LogP contribution is 2.39. The average Bonchev–Trinajstić information content (AvgIpc) is 3.30. The number of piperidine rings is 2. The van der Waals surface area contributed by atoms with Crippen LogP contribution in [0.2, 0.25) is 0 Å². The zero-order chi connectivity index (χ0) is 26.8. The van der Waals surface area contributed by atoms with Crippen molar-refractivity contribution in [1.82, 2.24) is 19.8 Å². The van der Waals surface area contributed by atoms with Gasteiger partial charge >= 0.3 is 12.1 Å². The van der Waals surface area contributed by atoms with Gasteiger partial charge in [-0.2, -0.15) is 4.98 Å². The van der Waals surface area contributed by atoms with E-state index in [0.29, 0.717) is 5.95 Å². The van der Waals surface area contributed by atoms with Gasteiger partial charge in [-0.3, -0.25) is 14.6 Å². The number of nitrogens with one attached hydrogen (secondary N) is 1. The van der Waals surface area contributed by atoms with Crippen LogP contribution in [0.15, 0.2) is 42.6 Å². The number of rotatable bonds is 7. The molecule has 1 aromatic carbocycles. The van der Waals surface area contributed by atoms with E-state index < -0.39 is 5.97 Å². The summed E-state index contributed by atoms with van der Waals surface area (Å²) in [6.45, 7) is 3.44. The lowest BCUT2D eigenvalue weighted by molar-refractivity contribution is -0.138. The Kier molecular flexibility index (Phi) is 7.54. The topological polar surface area (TPSA) is 111 Å². The predicted molar refractivity (Wildman–Crippen MR) is 147 cm³/mol. The van der Waals surface area contributed by atoms with Crippen LogP contribution in [0.4, 0.5) is 22.2 Å². The number of fused-ring (bicyclic) bond motifs is 1. The minimum atomic E-state index is -0.707. The van der Waals surface area contributed by atoms with E-state index in [1.807, 2.05) is 36.4 Å². The number of amides is 1. The number of benzene rings is 1. The Bertz CT molecular complexity index is 1150. The van der Waals surface area contributed by atoms with E-state index in [-0.39, 0.29) is 42.7 Å². The van der Waals surface area contributed by atoms with Gasteiger partial charge in [0, 0.05) is 43.5 Å². The van der Waals surface area contributed by atoms with Crippen molar-refractivity contribution in [3.8, 4) is 0 Å². The third-order valence-electron chi connectivity index (χ3n) is 9.00. The summed E-state index contributed by atoms with van der Waals surface area (Å²) in [7, 11) is 0. The molecule has 4 heterocycles. The highest BCUT2D eigenvalue weighted by atomic mass is 16.6. The van der Waals surface area contributed by atoms with Gasteiger partial charge in [0.25, 0.3) is 0 Å². The number of aliphatic carboxylic acids is 1. The van der Waals surface area contributed by atoms with Crippen molar-refractivity contribution in [3.05, 3.63) is 42.6 Å². The van der Waals surface area contributed by atoms with Crippen molar-refractivity contribution in [1.29, 1.82) is 0 Å². The lowest BCUT2D eigenvalue weighted by Crippen LogP contribution is -2.56. The number of carbonyl (C=O) groups excluding carboxylic acids is 1. The van der Waals surface area contributed by atoms with Crippen LogP contribution >= 0.6 is 0 Å². The van der Waals surface area contributed by atoms with Crippen LogP contribution in [0.3, 0.4) is 0 Å². The second-order valence-corrected chi connectivity index (χ2v) is 11.3. The van der Waals surface area contributed by atoms with Crippen molar-refractivity contribution in [3.63, 3.8) is 0 Å². The highest BCUT2D eigenvalue weighted by Gasteiger charge is 2.51. The molecular formula is C29H38N6O4. The number of carbonyl (C=O) groups is 2. The first kappa shape index (κ1) is 25.9. The second kappa shape index (κ2) is 11.4. The Morgan fingerprint density at radius 2 is 1.72 bits per heavy atom. The van der Waals surface area contributed by atoms with Gasteiger partial charge in [0.05, 0.1) is 6.04 Å². The SMILES string of the molecule is O=C(O)CC1CCN(C2CCCC3C2OC(=O)N3C2CCN(c3ccnc(Nc4ccccc4)n3)CC2)CC1. The molecule has 2 N–H and O–H groups in total. The van der Waals surface area contributed by atoms with Gasteiger partial charge in [-0.25, -0.2) is 9.78 Å². The molecule has 208 valence electrons. The molecule has 39 heavy (non-hydrogen) atoms. The lowest BCUT2D eigenvalue weighted by Gasteiger charge is -2.45. The standard InChI is InChI=1S/C29H38N6O4/c36-26(37)19-20-10-15-33(16-11-20)23-7-4-8-24-27(23)39-29(38)35(24)22-12-17-34(18-13-22)25-9-14-30-28(32-25)31-21-5-2-1-3-6-21/h1-3,5-6,9,14,20,22-24,27H,4,7-8,10-13,15-19H2,(H,36,37)(H,30,31,32). The van der Waals surface area contributed by atoms with Crippen molar-refractivity contribution in [2.45, 2.75) is 75.6 Å². The fourth-order valence-electron chi connectivity index (χ4n) is 7.04. The van der Waals surface area contributed by atoms with Crippen LogP contribution in [0.5, 0.6) is 0 Å². The van der Waals surface area contributed by atoms with Crippen molar-refractivity contribution in [2.75, 3.05) is 36.4 Å². The third-order valence-corrected chi connectivity index (χ3v) is 9.00. The summed E-state index contributed by atoms with van der Waals surface area (Å²) < 4.78 is 6.08. The molecule has 4 fully saturated rings. The van der Waals surface area contributed by atoms with Gasteiger partial charge in [-0.1, -0.05) is 18.2 Å². The number of carboxylic acids is 1. The first-order valence-electron chi connectivity index (χ1n) is 14.4. The molecule has 3 saturated heterocycles. The van der Waals surface area contributed by atoms with Crippen LogP contribution in [-0.4, -0.2) is 87.3 Å². The van der Waals surface area contributed by atoms with Gasteiger partial charge in [0.2, 0.25) is 5.95 Å². The summed E-state index contributed by atoms with van der Waals surface area (Å²) in [5, 5.41) is 12.4. The largest absolute Gasteiger partial charge is 0.481 e. The molecular weight excluding hydrogens is 496 g/mol. The monoisotopic (exact) mass is 534 g/mol.